The van der Waals surface area contributed by atoms with Gasteiger partial charge >= 0.3 is 0 Å². The highest BCUT2D eigenvalue weighted by atomic mass is 16.5. The van der Waals surface area contributed by atoms with Crippen molar-refractivity contribution in [3.63, 3.8) is 0 Å². The highest BCUT2D eigenvalue weighted by Gasteiger charge is 2.34. The van der Waals surface area contributed by atoms with Crippen molar-refractivity contribution in [3.05, 3.63) is 17.0 Å². The molecule has 1 saturated carbocycles. The van der Waals surface area contributed by atoms with Gasteiger partial charge < -0.3 is 15.2 Å². The van der Waals surface area contributed by atoms with E-state index in [1.54, 1.807) is 0 Å². The molecule has 2 N–H and O–H groups in total. The molecule has 1 aliphatic rings. The van der Waals surface area contributed by atoms with Crippen LogP contribution in [0.15, 0.2) is 9.52 Å². The summed E-state index contributed by atoms with van der Waals surface area (Å²) in [7, 11) is 0. The number of aliphatic imine (C=N–C) groups is 1. The van der Waals surface area contributed by atoms with Crippen molar-refractivity contribution in [2.45, 2.75) is 66.2 Å². The molecule has 1 heterocycles. The summed E-state index contributed by atoms with van der Waals surface area (Å²) in [5.41, 5.74) is 2.64. The van der Waals surface area contributed by atoms with E-state index in [4.69, 9.17) is 9.52 Å². The van der Waals surface area contributed by atoms with E-state index >= 15 is 0 Å². The molecular weight excluding hydrogens is 288 g/mol. The van der Waals surface area contributed by atoms with Crippen LogP contribution in [0.5, 0.6) is 0 Å². The largest absolute Gasteiger partial charge is 0.361 e. The average molecular weight is 320 g/mol. The van der Waals surface area contributed by atoms with Gasteiger partial charge in [-0.3, -0.25) is 4.99 Å². The Labute approximate surface area is 140 Å². The van der Waals surface area contributed by atoms with Gasteiger partial charge in [0.05, 0.1) is 5.69 Å². The standard InChI is InChI=1S/C18H32N4O/c1-6-18(9-8-10-18)12-21-17(19-7-2)20-11-13(3)16-14(4)22-23-15(16)5/h13H,6-12H2,1-5H3,(H2,19,20,21). The van der Waals surface area contributed by atoms with Crippen LogP contribution in [0.4, 0.5) is 0 Å². The van der Waals surface area contributed by atoms with E-state index in [1.165, 1.54) is 31.2 Å². The summed E-state index contributed by atoms with van der Waals surface area (Å²) in [5.74, 6) is 2.18. The number of nitrogens with zero attached hydrogens (tertiary/aromatic N) is 2. The highest BCUT2D eigenvalue weighted by Crippen LogP contribution is 2.43. The molecule has 0 bridgehead atoms. The van der Waals surface area contributed by atoms with Crippen LogP contribution in [0.3, 0.4) is 0 Å². The fourth-order valence-electron chi connectivity index (χ4n) is 3.43. The van der Waals surface area contributed by atoms with Gasteiger partial charge in [-0.15, -0.1) is 0 Å². The first-order valence-corrected chi connectivity index (χ1v) is 8.96. The first-order valence-electron chi connectivity index (χ1n) is 8.96. The number of aromatic nitrogens is 1. The van der Waals surface area contributed by atoms with E-state index in [1.807, 2.05) is 13.8 Å². The van der Waals surface area contributed by atoms with E-state index < -0.39 is 0 Å². The summed E-state index contributed by atoms with van der Waals surface area (Å²) in [6, 6.07) is 0. The molecule has 1 unspecified atom stereocenters. The van der Waals surface area contributed by atoms with Gasteiger partial charge in [0, 0.05) is 31.1 Å². The van der Waals surface area contributed by atoms with Crippen LogP contribution in [0.1, 0.15) is 69.4 Å². The van der Waals surface area contributed by atoms with Gasteiger partial charge in [-0.1, -0.05) is 25.4 Å². The fraction of sp³-hybridized carbons (Fsp3) is 0.778. The van der Waals surface area contributed by atoms with Crippen molar-refractivity contribution < 1.29 is 4.52 Å². The third kappa shape index (κ3) is 4.27. The summed E-state index contributed by atoms with van der Waals surface area (Å²) in [4.78, 5) is 4.83. The lowest BCUT2D eigenvalue weighted by atomic mass is 9.67. The molecule has 0 aromatic carbocycles. The lowest BCUT2D eigenvalue weighted by molar-refractivity contribution is 0.139. The Bertz CT molecular complexity index is 506. The normalized spacial score (nSPS) is 18.4. The van der Waals surface area contributed by atoms with Crippen LogP contribution < -0.4 is 10.6 Å². The second-order valence-corrected chi connectivity index (χ2v) is 6.92. The van der Waals surface area contributed by atoms with E-state index in [0.717, 1.165) is 37.0 Å². The van der Waals surface area contributed by atoms with Crippen molar-refractivity contribution in [1.29, 1.82) is 0 Å². The maximum atomic E-state index is 5.28. The minimum Gasteiger partial charge on any atom is -0.361 e. The van der Waals surface area contributed by atoms with Crippen molar-refractivity contribution >= 4 is 5.96 Å². The monoisotopic (exact) mass is 320 g/mol. The molecule has 1 aromatic rings. The molecule has 0 radical (unpaired) electrons. The molecule has 23 heavy (non-hydrogen) atoms. The van der Waals surface area contributed by atoms with Gasteiger partial charge in [0.1, 0.15) is 5.76 Å². The van der Waals surface area contributed by atoms with Crippen LogP contribution in [-0.2, 0) is 0 Å². The van der Waals surface area contributed by atoms with Gasteiger partial charge in [-0.2, -0.15) is 0 Å². The number of hydrogen-bond acceptors (Lipinski definition) is 3. The van der Waals surface area contributed by atoms with Crippen LogP contribution in [0.2, 0.25) is 0 Å². The molecule has 0 amide bonds. The lowest BCUT2D eigenvalue weighted by Crippen LogP contribution is -2.41. The fourth-order valence-corrected chi connectivity index (χ4v) is 3.43. The second-order valence-electron chi connectivity index (χ2n) is 6.92. The van der Waals surface area contributed by atoms with Crippen LogP contribution in [0, 0.1) is 19.3 Å². The molecule has 0 aliphatic heterocycles. The molecule has 5 heteroatoms. The molecule has 5 nitrogen and oxygen atoms in total. The molecule has 130 valence electrons. The zero-order valence-electron chi connectivity index (χ0n) is 15.3. The van der Waals surface area contributed by atoms with Gasteiger partial charge in [0.15, 0.2) is 5.96 Å². The number of hydrogen-bond donors (Lipinski definition) is 2. The Kier molecular flexibility index (Phi) is 6.08. The van der Waals surface area contributed by atoms with Crippen LogP contribution >= 0.6 is 0 Å². The van der Waals surface area contributed by atoms with Gasteiger partial charge in [0.2, 0.25) is 0 Å². The van der Waals surface area contributed by atoms with E-state index in [9.17, 15) is 0 Å². The van der Waals surface area contributed by atoms with Gasteiger partial charge in [-0.05, 0) is 45.4 Å². The molecular formula is C18H32N4O. The molecule has 2 rings (SSSR count). The Hall–Kier alpha value is -1.52. The maximum Gasteiger partial charge on any atom is 0.191 e. The van der Waals surface area contributed by atoms with Crippen molar-refractivity contribution in [2.75, 3.05) is 19.6 Å². The molecule has 1 atom stereocenters. The summed E-state index contributed by atoms with van der Waals surface area (Å²) in [6.45, 7) is 13.2. The second kappa shape index (κ2) is 7.84. The molecule has 1 aromatic heterocycles. The Morgan fingerprint density at radius 1 is 1.30 bits per heavy atom. The van der Waals surface area contributed by atoms with Gasteiger partial charge in [0.25, 0.3) is 0 Å². The number of nitrogens with one attached hydrogen (secondary N) is 2. The third-order valence-corrected chi connectivity index (χ3v) is 5.24. The van der Waals surface area contributed by atoms with E-state index in [-0.39, 0.29) is 0 Å². The Balaban J connectivity index is 1.94. The minimum absolute atomic E-state index is 0.342. The van der Waals surface area contributed by atoms with Crippen LogP contribution in [0.25, 0.3) is 0 Å². The van der Waals surface area contributed by atoms with E-state index in [2.05, 4.69) is 36.6 Å². The SMILES string of the molecule is CCNC(=NCC1(CC)CCC1)NCC(C)c1c(C)noc1C. The number of rotatable bonds is 7. The zero-order chi connectivity index (χ0) is 16.9. The molecule has 1 fully saturated rings. The summed E-state index contributed by atoms with van der Waals surface area (Å²) < 4.78 is 5.28. The quantitative estimate of drug-likeness (QED) is 0.596. The summed E-state index contributed by atoms with van der Waals surface area (Å²) in [6.07, 6.45) is 5.23. The first kappa shape index (κ1) is 17.8. The minimum atomic E-state index is 0.342. The van der Waals surface area contributed by atoms with Crippen LogP contribution in [-0.4, -0.2) is 30.8 Å². The highest BCUT2D eigenvalue weighted by molar-refractivity contribution is 5.79. The van der Waals surface area contributed by atoms with Gasteiger partial charge in [-0.25, -0.2) is 0 Å². The number of guanidine groups is 1. The Morgan fingerprint density at radius 2 is 2.04 bits per heavy atom. The maximum absolute atomic E-state index is 5.28. The van der Waals surface area contributed by atoms with Crippen molar-refractivity contribution in [3.8, 4) is 0 Å². The number of aryl methyl sites for hydroxylation is 2. The smallest absolute Gasteiger partial charge is 0.191 e. The average Bonchev–Trinajstić information content (AvgIpc) is 2.82. The van der Waals surface area contributed by atoms with E-state index in [0.29, 0.717) is 11.3 Å². The topological polar surface area (TPSA) is 62.5 Å². The predicted molar refractivity (Wildman–Crippen MR) is 94.9 cm³/mol. The lowest BCUT2D eigenvalue weighted by Gasteiger charge is -2.40. The molecule has 0 saturated heterocycles. The summed E-state index contributed by atoms with van der Waals surface area (Å²) in [5, 5.41) is 10.9. The third-order valence-electron chi connectivity index (χ3n) is 5.24. The molecule has 0 spiro atoms. The van der Waals surface area contributed by atoms with Crippen molar-refractivity contribution in [1.82, 2.24) is 15.8 Å². The summed E-state index contributed by atoms with van der Waals surface area (Å²) >= 11 is 0. The Morgan fingerprint density at radius 3 is 2.52 bits per heavy atom. The predicted octanol–water partition coefficient (Wildman–Crippen LogP) is 3.53. The van der Waals surface area contributed by atoms with Crippen molar-refractivity contribution in [2.24, 2.45) is 10.4 Å². The first-order chi connectivity index (χ1) is 11.0. The zero-order valence-corrected chi connectivity index (χ0v) is 15.3. The molecule has 1 aliphatic carbocycles.